The lowest BCUT2D eigenvalue weighted by Gasteiger charge is -2.51. The van der Waals surface area contributed by atoms with E-state index in [1.807, 2.05) is 31.3 Å². The summed E-state index contributed by atoms with van der Waals surface area (Å²) in [7, 11) is 2.03. The second-order valence-corrected chi connectivity index (χ2v) is 15.5. The zero-order valence-corrected chi connectivity index (χ0v) is 31.9. The number of carboxylic acids is 1. The highest BCUT2D eigenvalue weighted by Crippen LogP contribution is 2.39. The molecule has 4 aliphatic heterocycles. The summed E-state index contributed by atoms with van der Waals surface area (Å²) < 4.78 is 47.8. The number of carboxylic acid groups (broad SMARTS) is 1. The first-order valence-corrected chi connectivity index (χ1v) is 19.2. The lowest BCUT2D eigenvalue weighted by Crippen LogP contribution is -2.70. The maximum absolute atomic E-state index is 14.6. The van der Waals surface area contributed by atoms with Crippen LogP contribution >= 0.6 is 11.6 Å². The monoisotopic (exact) mass is 791 g/mol. The van der Waals surface area contributed by atoms with Crippen LogP contribution in [0.3, 0.4) is 0 Å². The van der Waals surface area contributed by atoms with E-state index in [1.54, 1.807) is 11.8 Å². The van der Waals surface area contributed by atoms with Gasteiger partial charge in [-0.1, -0.05) is 36.7 Å². The van der Waals surface area contributed by atoms with Gasteiger partial charge in [-0.05, 0) is 88.0 Å². The SMILES string of the molecule is CCC1(C(=O)O)CN(C2CCN(C)CC2)CCN1C(=O)C(Cc1cc(Cl)c(N)c(C(F)(F)F)c1)OC(=O)N1CCC(N2CCc3ccccc3NC2=O)CC1. The van der Waals surface area contributed by atoms with Crippen LogP contribution < -0.4 is 11.1 Å². The Morgan fingerprint density at radius 1 is 1.02 bits per heavy atom. The maximum atomic E-state index is 14.6. The molecular formula is C38H49ClF3N7O6. The minimum absolute atomic E-state index is 0.0167. The maximum Gasteiger partial charge on any atom is 0.418 e. The molecule has 2 aromatic rings. The molecule has 4 aliphatic rings. The molecule has 0 bridgehead atoms. The highest BCUT2D eigenvalue weighted by molar-refractivity contribution is 6.33. The van der Waals surface area contributed by atoms with E-state index in [1.165, 1.54) is 15.9 Å². The lowest BCUT2D eigenvalue weighted by atomic mass is 9.87. The van der Waals surface area contributed by atoms with Gasteiger partial charge >= 0.3 is 24.3 Å². The first-order valence-electron chi connectivity index (χ1n) is 18.8. The van der Waals surface area contributed by atoms with E-state index in [9.17, 15) is 37.5 Å². The molecule has 2 aromatic carbocycles. The number of alkyl halides is 3. The molecule has 4 amide bonds. The number of amides is 4. The van der Waals surface area contributed by atoms with E-state index >= 15 is 0 Å². The number of carbonyl (C=O) groups is 4. The van der Waals surface area contributed by atoms with Gasteiger partial charge < -0.3 is 40.5 Å². The Hall–Kier alpha value is -4.28. The van der Waals surface area contributed by atoms with Crippen LogP contribution in [-0.4, -0.2) is 137 Å². The first kappa shape index (κ1) is 40.4. The van der Waals surface area contributed by atoms with Crippen LogP contribution in [0, 0.1) is 0 Å². The van der Waals surface area contributed by atoms with Gasteiger partial charge in [0.2, 0.25) is 0 Å². The average molecular weight is 792 g/mol. The first-order chi connectivity index (χ1) is 26.1. The predicted molar refractivity (Wildman–Crippen MR) is 200 cm³/mol. The molecule has 0 spiro atoms. The number of nitrogens with two attached hydrogens (primary N) is 1. The molecule has 3 fully saturated rings. The fourth-order valence-electron chi connectivity index (χ4n) is 8.46. The van der Waals surface area contributed by atoms with Crippen LogP contribution in [0.4, 0.5) is 34.1 Å². The van der Waals surface area contributed by atoms with Gasteiger partial charge in [-0.2, -0.15) is 13.2 Å². The number of carbonyl (C=O) groups excluding carboxylic acids is 3. The Labute approximate surface area is 323 Å². The van der Waals surface area contributed by atoms with Crippen molar-refractivity contribution in [3.63, 3.8) is 0 Å². The van der Waals surface area contributed by atoms with Crippen molar-refractivity contribution in [3.05, 3.63) is 58.1 Å². The number of piperidine rings is 2. The van der Waals surface area contributed by atoms with Crippen molar-refractivity contribution in [1.82, 2.24) is 24.5 Å². The van der Waals surface area contributed by atoms with E-state index in [4.69, 9.17) is 22.1 Å². The quantitative estimate of drug-likeness (QED) is 0.314. The smallest absolute Gasteiger partial charge is 0.418 e. The summed E-state index contributed by atoms with van der Waals surface area (Å²) in [4.78, 5) is 63.4. The Morgan fingerprint density at radius 3 is 2.35 bits per heavy atom. The Morgan fingerprint density at radius 2 is 1.69 bits per heavy atom. The Kier molecular flexibility index (Phi) is 12.1. The van der Waals surface area contributed by atoms with Gasteiger partial charge in [0.05, 0.1) is 16.3 Å². The normalized spacial score (nSPS) is 22.8. The molecule has 2 unspecified atom stereocenters. The molecule has 0 aromatic heterocycles. The number of hydrogen-bond acceptors (Lipinski definition) is 8. The third-order valence-corrected chi connectivity index (χ3v) is 12.1. The van der Waals surface area contributed by atoms with Gasteiger partial charge in [0.1, 0.15) is 0 Å². The Bertz CT molecular complexity index is 1770. The molecule has 55 heavy (non-hydrogen) atoms. The van der Waals surface area contributed by atoms with Gasteiger partial charge in [0.25, 0.3) is 5.91 Å². The predicted octanol–water partition coefficient (Wildman–Crippen LogP) is 5.02. The van der Waals surface area contributed by atoms with Crippen molar-refractivity contribution in [3.8, 4) is 0 Å². The molecule has 3 saturated heterocycles. The number of nitrogens with zero attached hydrogens (tertiary/aromatic N) is 5. The fourth-order valence-corrected chi connectivity index (χ4v) is 8.70. The zero-order valence-electron chi connectivity index (χ0n) is 31.1. The summed E-state index contributed by atoms with van der Waals surface area (Å²) in [5, 5.41) is 13.3. The summed E-state index contributed by atoms with van der Waals surface area (Å²) in [6.07, 6.45) is -4.67. The zero-order chi connectivity index (χ0) is 39.7. The van der Waals surface area contributed by atoms with Crippen LogP contribution in [-0.2, 0) is 33.3 Å². The van der Waals surface area contributed by atoms with E-state index < -0.39 is 53.5 Å². The molecule has 0 aliphatic carbocycles. The minimum atomic E-state index is -4.86. The topological polar surface area (TPSA) is 152 Å². The van der Waals surface area contributed by atoms with E-state index in [-0.39, 0.29) is 61.3 Å². The van der Waals surface area contributed by atoms with Gasteiger partial charge in [-0.3, -0.25) is 9.69 Å². The number of nitrogen functional groups attached to an aromatic ring is 1. The number of benzene rings is 2. The molecule has 4 N–H and O–H groups in total. The van der Waals surface area contributed by atoms with Crippen molar-refractivity contribution < 1.29 is 42.2 Å². The number of urea groups is 1. The lowest BCUT2D eigenvalue weighted by molar-refractivity contribution is -0.171. The number of likely N-dealkylation sites (tertiary alicyclic amines) is 2. The number of aliphatic carboxylic acids is 1. The second-order valence-electron chi connectivity index (χ2n) is 15.0. The fraction of sp³-hybridized carbons (Fsp3) is 0.579. The number of fused-ring (bicyclic) bond motifs is 1. The van der Waals surface area contributed by atoms with E-state index in [0.29, 0.717) is 32.4 Å². The van der Waals surface area contributed by atoms with Gasteiger partial charge in [0.15, 0.2) is 11.6 Å². The summed E-state index contributed by atoms with van der Waals surface area (Å²) in [5.74, 6) is -2.04. The molecule has 300 valence electrons. The molecule has 13 nitrogen and oxygen atoms in total. The van der Waals surface area contributed by atoms with E-state index in [0.717, 1.165) is 43.2 Å². The molecule has 17 heteroatoms. The number of piperazine rings is 1. The number of rotatable bonds is 8. The summed E-state index contributed by atoms with van der Waals surface area (Å²) in [6.45, 7) is 4.71. The summed E-state index contributed by atoms with van der Waals surface area (Å²) in [5.41, 5.74) is 3.85. The highest BCUT2D eigenvalue weighted by Gasteiger charge is 2.52. The van der Waals surface area contributed by atoms with Crippen LogP contribution in [0.25, 0.3) is 0 Å². The molecular weight excluding hydrogens is 743 g/mol. The van der Waals surface area contributed by atoms with Gasteiger partial charge in [-0.25, -0.2) is 14.4 Å². The van der Waals surface area contributed by atoms with Crippen molar-refractivity contribution in [2.45, 2.75) is 81.8 Å². The average Bonchev–Trinajstić information content (AvgIpc) is 3.33. The Balaban J connectivity index is 1.22. The van der Waals surface area contributed by atoms with E-state index in [2.05, 4.69) is 15.1 Å². The number of nitrogens with one attached hydrogen (secondary N) is 1. The standard InChI is InChI=1S/C38H49ClF3N7O6/c1-3-37(34(51)52)23-47(26-9-13-45(2)14-10-26)18-19-49(37)33(50)31(22-24-20-28(38(40,41)42)32(43)29(39)21-24)55-36(54)46-15-11-27(12-16-46)48-17-8-25-6-4-5-7-30(25)44-35(48)53/h4-7,20-21,26-27,31H,3,8-19,22-23,43H2,1-2H3,(H,44,53)(H,51,52). The van der Waals surface area contributed by atoms with Crippen LogP contribution in [0.15, 0.2) is 36.4 Å². The molecule has 4 heterocycles. The highest BCUT2D eigenvalue weighted by atomic mass is 35.5. The van der Waals surface area contributed by atoms with Crippen molar-refractivity contribution in [2.24, 2.45) is 0 Å². The number of halogens is 4. The third kappa shape index (κ3) is 8.60. The minimum Gasteiger partial charge on any atom is -0.479 e. The second kappa shape index (κ2) is 16.4. The van der Waals surface area contributed by atoms with Crippen molar-refractivity contribution >= 4 is 47.0 Å². The summed E-state index contributed by atoms with van der Waals surface area (Å²) >= 11 is 6.14. The molecule has 0 saturated carbocycles. The number of hydrogen-bond donors (Lipinski definition) is 3. The largest absolute Gasteiger partial charge is 0.479 e. The molecule has 6 rings (SSSR count). The third-order valence-electron chi connectivity index (χ3n) is 11.8. The van der Waals surface area contributed by atoms with Crippen LogP contribution in [0.1, 0.15) is 55.7 Å². The van der Waals surface area contributed by atoms with Crippen molar-refractivity contribution in [1.29, 1.82) is 0 Å². The van der Waals surface area contributed by atoms with Crippen molar-refractivity contribution in [2.75, 3.05) is 70.5 Å². The molecule has 0 radical (unpaired) electrons. The summed E-state index contributed by atoms with van der Waals surface area (Å²) in [6, 6.07) is 9.28. The number of para-hydroxylation sites is 1. The number of ether oxygens (including phenoxy) is 1. The van der Waals surface area contributed by atoms with Crippen LogP contribution in [0.5, 0.6) is 0 Å². The molecule has 2 atom stereocenters. The van der Waals surface area contributed by atoms with Gasteiger partial charge in [0, 0.05) is 63.5 Å². The van der Waals surface area contributed by atoms with Crippen LogP contribution in [0.2, 0.25) is 5.02 Å². The number of anilines is 2. The van der Waals surface area contributed by atoms with Gasteiger partial charge in [-0.15, -0.1) is 0 Å².